The lowest BCUT2D eigenvalue weighted by Gasteiger charge is -2.37. The van der Waals surface area contributed by atoms with Crippen molar-refractivity contribution in [1.82, 2.24) is 10.2 Å². The second-order valence-electron chi connectivity index (χ2n) is 5.83. The van der Waals surface area contributed by atoms with Crippen LogP contribution in [0.4, 0.5) is 0 Å². The van der Waals surface area contributed by atoms with Crippen molar-refractivity contribution in [2.75, 3.05) is 19.6 Å². The van der Waals surface area contributed by atoms with Gasteiger partial charge in [-0.05, 0) is 24.9 Å². The Morgan fingerprint density at radius 1 is 1.43 bits per heavy atom. The second-order valence-corrected chi connectivity index (χ2v) is 5.83. The van der Waals surface area contributed by atoms with Gasteiger partial charge in [0.1, 0.15) is 11.8 Å². The van der Waals surface area contributed by atoms with Crippen molar-refractivity contribution in [1.29, 1.82) is 0 Å². The largest absolute Gasteiger partial charge is 0.463 e. The number of rotatable bonds is 3. The van der Waals surface area contributed by atoms with E-state index in [9.17, 15) is 4.79 Å². The Balaban J connectivity index is 1.77. The highest BCUT2D eigenvalue weighted by Crippen LogP contribution is 2.24. The predicted octanol–water partition coefficient (Wildman–Crippen LogP) is 2.89. The van der Waals surface area contributed by atoms with Crippen molar-refractivity contribution < 1.29 is 9.21 Å². The molecule has 1 aliphatic heterocycles. The third kappa shape index (κ3) is 2.68. The quantitative estimate of drug-likeness (QED) is 0.943. The van der Waals surface area contributed by atoms with Gasteiger partial charge >= 0.3 is 0 Å². The van der Waals surface area contributed by atoms with Crippen LogP contribution in [0.25, 0.3) is 11.0 Å². The zero-order valence-electron chi connectivity index (χ0n) is 12.6. The molecular formula is C17H22N2O2. The number of carbonyl (C=O) groups is 1. The van der Waals surface area contributed by atoms with Crippen LogP contribution in [0, 0.1) is 5.92 Å². The third-order valence-electron chi connectivity index (χ3n) is 4.37. The fourth-order valence-electron chi connectivity index (χ4n) is 3.21. The number of fused-ring (bicyclic) bond motifs is 1. The molecule has 0 bridgehead atoms. The fraction of sp³-hybridized carbons (Fsp3) is 0.471. The van der Waals surface area contributed by atoms with Crippen LogP contribution in [0.2, 0.25) is 0 Å². The Bertz CT molecular complexity index is 635. The molecule has 2 heterocycles. The van der Waals surface area contributed by atoms with Gasteiger partial charge in [-0.2, -0.15) is 0 Å². The number of furan rings is 1. The van der Waals surface area contributed by atoms with E-state index in [1.165, 1.54) is 0 Å². The van der Waals surface area contributed by atoms with E-state index in [4.69, 9.17) is 4.42 Å². The summed E-state index contributed by atoms with van der Waals surface area (Å²) in [5.74, 6) is 0.558. The summed E-state index contributed by atoms with van der Waals surface area (Å²) in [5, 5.41) is 4.41. The molecule has 1 aliphatic rings. The molecular weight excluding hydrogens is 264 g/mol. The number of hydrogen-bond donors (Lipinski definition) is 1. The molecule has 2 unspecified atom stereocenters. The fourth-order valence-corrected chi connectivity index (χ4v) is 3.21. The van der Waals surface area contributed by atoms with E-state index in [0.29, 0.717) is 17.5 Å². The molecule has 0 radical (unpaired) electrons. The van der Waals surface area contributed by atoms with Gasteiger partial charge in [0, 0.05) is 24.5 Å². The average Bonchev–Trinajstić information content (AvgIpc) is 2.93. The molecule has 1 aromatic heterocycles. The average molecular weight is 286 g/mol. The zero-order chi connectivity index (χ0) is 14.8. The summed E-state index contributed by atoms with van der Waals surface area (Å²) in [6, 6.07) is 8.21. The first-order valence-corrected chi connectivity index (χ1v) is 7.69. The van der Waals surface area contributed by atoms with Crippen LogP contribution in [-0.2, 0) is 0 Å². The van der Waals surface area contributed by atoms with Gasteiger partial charge in [-0.25, -0.2) is 0 Å². The Morgan fingerprint density at radius 3 is 3.00 bits per heavy atom. The normalized spacial score (nSPS) is 22.7. The van der Waals surface area contributed by atoms with E-state index in [0.717, 1.165) is 37.0 Å². The summed E-state index contributed by atoms with van der Waals surface area (Å²) in [6.45, 7) is 6.92. The summed E-state index contributed by atoms with van der Waals surface area (Å²) in [5.41, 5.74) is 1.45. The van der Waals surface area contributed by atoms with Crippen molar-refractivity contribution in [3.8, 4) is 0 Å². The molecule has 3 rings (SSSR count). The van der Waals surface area contributed by atoms with Gasteiger partial charge in [0.2, 0.25) is 0 Å². The molecule has 2 aromatic rings. The summed E-state index contributed by atoms with van der Waals surface area (Å²) in [4.78, 5) is 14.7. The maximum absolute atomic E-state index is 12.7. The van der Waals surface area contributed by atoms with Crippen molar-refractivity contribution in [3.63, 3.8) is 0 Å². The van der Waals surface area contributed by atoms with Crippen molar-refractivity contribution in [3.05, 3.63) is 36.1 Å². The first-order valence-electron chi connectivity index (χ1n) is 7.69. The minimum atomic E-state index is 0.0850. The summed E-state index contributed by atoms with van der Waals surface area (Å²) >= 11 is 0. The number of nitrogens with zero attached hydrogens (tertiary/aromatic N) is 1. The number of carbonyl (C=O) groups excluding carboxylic acids is 1. The molecule has 1 saturated heterocycles. The van der Waals surface area contributed by atoms with Gasteiger partial charge in [-0.3, -0.25) is 4.79 Å². The van der Waals surface area contributed by atoms with Crippen molar-refractivity contribution in [2.24, 2.45) is 5.92 Å². The molecule has 0 spiro atoms. The third-order valence-corrected chi connectivity index (χ3v) is 4.37. The highest BCUT2D eigenvalue weighted by Gasteiger charge is 2.29. The van der Waals surface area contributed by atoms with Crippen molar-refractivity contribution >= 4 is 16.9 Å². The molecule has 0 saturated carbocycles. The Hall–Kier alpha value is -1.81. The van der Waals surface area contributed by atoms with Gasteiger partial charge in [-0.15, -0.1) is 0 Å². The Labute approximate surface area is 125 Å². The highest BCUT2D eigenvalue weighted by atomic mass is 16.3. The van der Waals surface area contributed by atoms with Crippen LogP contribution < -0.4 is 5.32 Å². The molecule has 2 atom stereocenters. The van der Waals surface area contributed by atoms with Crippen LogP contribution in [0.15, 0.2) is 34.9 Å². The first-order chi connectivity index (χ1) is 10.2. The highest BCUT2D eigenvalue weighted by molar-refractivity contribution is 6.05. The molecule has 0 aliphatic carbocycles. The molecule has 21 heavy (non-hydrogen) atoms. The summed E-state index contributed by atoms with van der Waals surface area (Å²) in [6.07, 6.45) is 2.60. The van der Waals surface area contributed by atoms with E-state index in [2.05, 4.69) is 19.2 Å². The summed E-state index contributed by atoms with van der Waals surface area (Å²) in [7, 11) is 0. The lowest BCUT2D eigenvalue weighted by Crippen LogP contribution is -2.50. The van der Waals surface area contributed by atoms with E-state index in [1.807, 2.05) is 29.2 Å². The van der Waals surface area contributed by atoms with Crippen LogP contribution in [0.3, 0.4) is 0 Å². The number of para-hydroxylation sites is 1. The topological polar surface area (TPSA) is 45.5 Å². The monoisotopic (exact) mass is 286 g/mol. The van der Waals surface area contributed by atoms with Crippen LogP contribution in [-0.4, -0.2) is 36.5 Å². The van der Waals surface area contributed by atoms with Gasteiger partial charge in [0.15, 0.2) is 0 Å². The molecule has 1 N–H and O–H groups in total. The minimum Gasteiger partial charge on any atom is -0.463 e. The Morgan fingerprint density at radius 2 is 2.24 bits per heavy atom. The smallest absolute Gasteiger partial charge is 0.257 e. The Kier molecular flexibility index (Phi) is 3.97. The van der Waals surface area contributed by atoms with E-state index >= 15 is 0 Å². The van der Waals surface area contributed by atoms with Crippen LogP contribution in [0.1, 0.15) is 30.6 Å². The summed E-state index contributed by atoms with van der Waals surface area (Å²) < 4.78 is 5.49. The molecule has 1 amide bonds. The van der Waals surface area contributed by atoms with E-state index in [-0.39, 0.29) is 5.91 Å². The number of nitrogens with one attached hydrogen (secondary N) is 1. The maximum atomic E-state index is 12.7. The SMILES string of the molecule is CCNC1CCN(C(=O)c2coc3ccccc23)CC1C. The zero-order valence-corrected chi connectivity index (χ0v) is 12.6. The standard InChI is InChI=1S/C17H22N2O2/c1-3-18-15-8-9-19(10-12(15)2)17(20)14-11-21-16-7-5-4-6-13(14)16/h4-7,11-12,15,18H,3,8-10H2,1-2H3. The van der Waals surface area contributed by atoms with Crippen LogP contribution in [0.5, 0.6) is 0 Å². The maximum Gasteiger partial charge on any atom is 0.257 e. The van der Waals surface area contributed by atoms with Gasteiger partial charge < -0.3 is 14.6 Å². The van der Waals surface area contributed by atoms with Gasteiger partial charge in [-0.1, -0.05) is 32.0 Å². The molecule has 112 valence electrons. The molecule has 1 fully saturated rings. The van der Waals surface area contributed by atoms with Gasteiger partial charge in [0.25, 0.3) is 5.91 Å². The first kappa shape index (κ1) is 14.1. The molecule has 1 aromatic carbocycles. The van der Waals surface area contributed by atoms with E-state index in [1.54, 1.807) is 6.26 Å². The van der Waals surface area contributed by atoms with E-state index < -0.39 is 0 Å². The molecule has 4 heteroatoms. The molecule has 4 nitrogen and oxygen atoms in total. The minimum absolute atomic E-state index is 0.0850. The van der Waals surface area contributed by atoms with Gasteiger partial charge in [0.05, 0.1) is 5.56 Å². The number of likely N-dealkylation sites (tertiary alicyclic amines) is 1. The predicted molar refractivity (Wildman–Crippen MR) is 83.4 cm³/mol. The lowest BCUT2D eigenvalue weighted by atomic mass is 9.93. The number of amides is 1. The van der Waals surface area contributed by atoms with Crippen LogP contribution >= 0.6 is 0 Å². The lowest BCUT2D eigenvalue weighted by molar-refractivity contribution is 0.0647. The second kappa shape index (κ2) is 5.90. The van der Waals surface area contributed by atoms with Crippen molar-refractivity contribution in [2.45, 2.75) is 26.3 Å². The number of piperidine rings is 1. The number of hydrogen-bond acceptors (Lipinski definition) is 3. The number of benzene rings is 1.